The van der Waals surface area contributed by atoms with E-state index >= 15 is 0 Å². The number of carboxylic acids is 1. The summed E-state index contributed by atoms with van der Waals surface area (Å²) in [5.74, 6) is -0.262. The zero-order valence-electron chi connectivity index (χ0n) is 11.8. The van der Waals surface area contributed by atoms with Gasteiger partial charge in [0.05, 0.1) is 7.11 Å². The Bertz CT molecular complexity index is 642. The maximum atomic E-state index is 11.8. The number of carboxylic acid groups (broad SMARTS) is 1. The van der Waals surface area contributed by atoms with Gasteiger partial charge in [0.15, 0.2) is 5.54 Å². The van der Waals surface area contributed by atoms with Gasteiger partial charge in [-0.2, -0.15) is 0 Å². The normalized spacial score (nSPS) is 13.3. The number of hydrogen-bond acceptors (Lipinski definition) is 3. The molecule has 0 amide bonds. The molecular weight excluding hydrogens is 381 g/mol. The molecule has 2 rings (SSSR count). The molecule has 0 heterocycles. The van der Waals surface area contributed by atoms with E-state index in [0.717, 1.165) is 3.57 Å². The lowest BCUT2D eigenvalue weighted by Gasteiger charge is -2.28. The van der Waals surface area contributed by atoms with E-state index in [-0.39, 0.29) is 0 Å². The van der Waals surface area contributed by atoms with Crippen molar-refractivity contribution >= 4 is 34.2 Å². The SMILES string of the molecule is COc1cccc(NC(C)(C(=O)O)c2ccc(I)cc2)c1. The Hall–Kier alpha value is -1.76. The number of rotatable bonds is 5. The fraction of sp³-hybridized carbons (Fsp3) is 0.188. The van der Waals surface area contributed by atoms with E-state index in [1.54, 1.807) is 20.1 Å². The number of methoxy groups -OCH3 is 1. The van der Waals surface area contributed by atoms with Crippen LogP contribution in [-0.2, 0) is 10.3 Å². The monoisotopic (exact) mass is 397 g/mol. The summed E-state index contributed by atoms with van der Waals surface area (Å²) in [6, 6.07) is 14.6. The molecule has 0 saturated carbocycles. The Kier molecular flexibility index (Phi) is 4.72. The molecule has 5 heteroatoms. The van der Waals surface area contributed by atoms with Gasteiger partial charge in [0.2, 0.25) is 0 Å². The molecule has 0 aliphatic carbocycles. The van der Waals surface area contributed by atoms with Gasteiger partial charge in [0.1, 0.15) is 5.75 Å². The standard InChI is InChI=1S/C16H16INO3/c1-16(15(19)20,11-6-8-12(17)9-7-11)18-13-4-3-5-14(10-13)21-2/h3-10,18H,1-2H3,(H,19,20). The number of nitrogens with one attached hydrogen (secondary N) is 1. The number of ether oxygens (including phenoxy) is 1. The average Bonchev–Trinajstić information content (AvgIpc) is 2.47. The number of halogens is 1. The molecule has 110 valence electrons. The highest BCUT2D eigenvalue weighted by Gasteiger charge is 2.35. The summed E-state index contributed by atoms with van der Waals surface area (Å²) in [5, 5.41) is 12.7. The Morgan fingerprint density at radius 3 is 2.48 bits per heavy atom. The van der Waals surface area contributed by atoms with Gasteiger partial charge in [0, 0.05) is 15.3 Å². The average molecular weight is 397 g/mol. The second-order valence-corrected chi connectivity index (χ2v) is 6.04. The highest BCUT2D eigenvalue weighted by Crippen LogP contribution is 2.28. The molecule has 0 aliphatic heterocycles. The third kappa shape index (κ3) is 3.47. The summed E-state index contributed by atoms with van der Waals surface area (Å²) in [6.07, 6.45) is 0. The molecule has 0 fully saturated rings. The summed E-state index contributed by atoms with van der Waals surface area (Å²) in [4.78, 5) is 11.8. The first-order valence-electron chi connectivity index (χ1n) is 6.37. The number of hydrogen-bond donors (Lipinski definition) is 2. The summed E-state index contributed by atoms with van der Waals surface area (Å²) in [5.41, 5.74) is 0.174. The highest BCUT2D eigenvalue weighted by atomic mass is 127. The minimum Gasteiger partial charge on any atom is -0.497 e. The van der Waals surface area contributed by atoms with E-state index in [2.05, 4.69) is 27.9 Å². The van der Waals surface area contributed by atoms with Crippen LogP contribution in [0.25, 0.3) is 0 Å². The third-order valence-corrected chi connectivity index (χ3v) is 4.03. The van der Waals surface area contributed by atoms with Crippen molar-refractivity contribution in [2.75, 3.05) is 12.4 Å². The van der Waals surface area contributed by atoms with E-state index in [0.29, 0.717) is 17.0 Å². The lowest BCUT2D eigenvalue weighted by atomic mass is 9.91. The molecular formula is C16H16INO3. The van der Waals surface area contributed by atoms with E-state index < -0.39 is 11.5 Å². The third-order valence-electron chi connectivity index (χ3n) is 3.31. The van der Waals surface area contributed by atoms with Crippen molar-refractivity contribution in [1.82, 2.24) is 0 Å². The predicted molar refractivity (Wildman–Crippen MR) is 90.8 cm³/mol. The van der Waals surface area contributed by atoms with Crippen molar-refractivity contribution in [2.45, 2.75) is 12.5 Å². The zero-order chi connectivity index (χ0) is 15.5. The van der Waals surface area contributed by atoms with E-state index in [9.17, 15) is 9.90 Å². The van der Waals surface area contributed by atoms with E-state index in [4.69, 9.17) is 4.74 Å². The lowest BCUT2D eigenvalue weighted by Crippen LogP contribution is -2.40. The molecule has 0 aliphatic rings. The molecule has 0 spiro atoms. The molecule has 0 aromatic heterocycles. The van der Waals surface area contributed by atoms with Gasteiger partial charge in [-0.05, 0) is 59.3 Å². The smallest absolute Gasteiger partial charge is 0.333 e. The van der Waals surface area contributed by atoms with Crippen LogP contribution in [0.4, 0.5) is 5.69 Å². The van der Waals surface area contributed by atoms with Gasteiger partial charge in [-0.1, -0.05) is 18.2 Å². The lowest BCUT2D eigenvalue weighted by molar-refractivity contribution is -0.142. The Balaban J connectivity index is 2.38. The van der Waals surface area contributed by atoms with Crippen LogP contribution in [-0.4, -0.2) is 18.2 Å². The van der Waals surface area contributed by atoms with Gasteiger partial charge in [-0.25, -0.2) is 4.79 Å². The van der Waals surface area contributed by atoms with Gasteiger partial charge in [0.25, 0.3) is 0 Å². The van der Waals surface area contributed by atoms with Crippen LogP contribution in [0.15, 0.2) is 48.5 Å². The van der Waals surface area contributed by atoms with Crippen LogP contribution in [0, 0.1) is 3.57 Å². The molecule has 4 nitrogen and oxygen atoms in total. The number of carbonyl (C=O) groups is 1. The molecule has 1 atom stereocenters. The minimum atomic E-state index is -1.21. The first kappa shape index (κ1) is 15.6. The highest BCUT2D eigenvalue weighted by molar-refractivity contribution is 14.1. The van der Waals surface area contributed by atoms with Crippen molar-refractivity contribution in [3.8, 4) is 5.75 Å². The number of anilines is 1. The van der Waals surface area contributed by atoms with Crippen molar-refractivity contribution < 1.29 is 14.6 Å². The number of benzene rings is 2. The van der Waals surface area contributed by atoms with Gasteiger partial charge in [-0.15, -0.1) is 0 Å². The summed E-state index contributed by atoms with van der Waals surface area (Å²) in [6.45, 7) is 1.65. The molecule has 21 heavy (non-hydrogen) atoms. The van der Waals surface area contributed by atoms with Crippen LogP contribution in [0.1, 0.15) is 12.5 Å². The van der Waals surface area contributed by atoms with Crippen LogP contribution in [0.3, 0.4) is 0 Å². The molecule has 0 bridgehead atoms. The van der Waals surface area contributed by atoms with E-state index in [1.807, 2.05) is 42.5 Å². The molecule has 1 unspecified atom stereocenters. The fourth-order valence-electron chi connectivity index (χ4n) is 2.02. The van der Waals surface area contributed by atoms with Gasteiger partial charge >= 0.3 is 5.97 Å². The van der Waals surface area contributed by atoms with Crippen molar-refractivity contribution in [2.24, 2.45) is 0 Å². The topological polar surface area (TPSA) is 58.6 Å². The second kappa shape index (κ2) is 6.34. The number of aliphatic carboxylic acids is 1. The Labute approximate surface area is 137 Å². The molecule has 2 aromatic rings. The van der Waals surface area contributed by atoms with Gasteiger partial charge < -0.3 is 15.2 Å². The molecule has 2 aromatic carbocycles. The Morgan fingerprint density at radius 1 is 1.24 bits per heavy atom. The van der Waals surface area contributed by atoms with Crippen LogP contribution >= 0.6 is 22.6 Å². The Morgan fingerprint density at radius 2 is 1.90 bits per heavy atom. The molecule has 0 saturated heterocycles. The van der Waals surface area contributed by atoms with Crippen LogP contribution in [0.5, 0.6) is 5.75 Å². The predicted octanol–water partition coefficient (Wildman–Crippen LogP) is 3.71. The van der Waals surface area contributed by atoms with Crippen LogP contribution < -0.4 is 10.1 Å². The van der Waals surface area contributed by atoms with E-state index in [1.165, 1.54) is 0 Å². The maximum Gasteiger partial charge on any atom is 0.333 e. The van der Waals surface area contributed by atoms with Crippen molar-refractivity contribution in [3.63, 3.8) is 0 Å². The first-order valence-corrected chi connectivity index (χ1v) is 7.45. The zero-order valence-corrected chi connectivity index (χ0v) is 13.9. The first-order chi connectivity index (χ1) is 9.95. The minimum absolute atomic E-state index is 0.676. The maximum absolute atomic E-state index is 11.8. The van der Waals surface area contributed by atoms with Crippen molar-refractivity contribution in [1.29, 1.82) is 0 Å². The van der Waals surface area contributed by atoms with Crippen LogP contribution in [0.2, 0.25) is 0 Å². The van der Waals surface area contributed by atoms with Gasteiger partial charge in [-0.3, -0.25) is 0 Å². The second-order valence-electron chi connectivity index (χ2n) is 4.79. The summed E-state index contributed by atoms with van der Waals surface area (Å²) < 4.78 is 6.22. The molecule has 0 radical (unpaired) electrons. The quantitative estimate of drug-likeness (QED) is 0.756. The summed E-state index contributed by atoms with van der Waals surface area (Å²) in [7, 11) is 1.58. The summed E-state index contributed by atoms with van der Waals surface area (Å²) >= 11 is 2.19. The largest absolute Gasteiger partial charge is 0.497 e. The van der Waals surface area contributed by atoms with Crippen molar-refractivity contribution in [3.05, 3.63) is 57.7 Å². The fourth-order valence-corrected chi connectivity index (χ4v) is 2.38. The molecule has 2 N–H and O–H groups in total.